The number of hydrogen-bond acceptors (Lipinski definition) is 5. The molecule has 0 radical (unpaired) electrons. The molecule has 1 aliphatic rings. The van der Waals surface area contributed by atoms with Crippen molar-refractivity contribution in [2.24, 2.45) is 4.99 Å². The van der Waals surface area contributed by atoms with E-state index in [4.69, 9.17) is 18.9 Å². The Labute approximate surface area is 201 Å². The number of fused-ring (bicyclic) bond motifs is 1. The summed E-state index contributed by atoms with van der Waals surface area (Å²) in [6.07, 6.45) is 0.858. The highest BCUT2D eigenvalue weighted by Crippen LogP contribution is 2.33. The molecule has 0 aromatic heterocycles. The highest BCUT2D eigenvalue weighted by Gasteiger charge is 2.23. The smallest absolute Gasteiger partial charge is 0.231 e. The van der Waals surface area contributed by atoms with E-state index in [1.807, 2.05) is 24.3 Å². The Kier molecular flexibility index (Phi) is 9.09. The third-order valence-electron chi connectivity index (χ3n) is 5.23. The summed E-state index contributed by atoms with van der Waals surface area (Å²) in [5.74, 6) is 3.85. The fraction of sp³-hybridized carbons (Fsp3) is 0.435. The van der Waals surface area contributed by atoms with Crippen molar-refractivity contribution in [3.8, 4) is 23.0 Å². The molecule has 0 unspecified atom stereocenters. The maximum Gasteiger partial charge on any atom is 0.231 e. The Hall–Kier alpha value is -2.36. The minimum absolute atomic E-state index is 0. The van der Waals surface area contributed by atoms with Crippen LogP contribution in [-0.2, 0) is 11.8 Å². The Morgan fingerprint density at radius 3 is 2.45 bits per heavy atom. The minimum atomic E-state index is -0.130. The zero-order chi connectivity index (χ0) is 21.6. The van der Waals surface area contributed by atoms with Gasteiger partial charge in [-0.3, -0.25) is 4.99 Å². The quantitative estimate of drug-likeness (QED) is 0.302. The third-order valence-corrected chi connectivity index (χ3v) is 5.23. The summed E-state index contributed by atoms with van der Waals surface area (Å²) in [5, 5.41) is 6.80. The summed E-state index contributed by atoms with van der Waals surface area (Å²) in [7, 11) is 5.07. The van der Waals surface area contributed by atoms with E-state index in [1.54, 1.807) is 21.3 Å². The number of aliphatic imine (C=N–C) groups is 1. The largest absolute Gasteiger partial charge is 0.493 e. The van der Waals surface area contributed by atoms with Crippen LogP contribution < -0.4 is 29.6 Å². The number of nitrogens with zero attached hydrogens (tertiary/aromatic N) is 1. The maximum absolute atomic E-state index is 5.44. The van der Waals surface area contributed by atoms with Gasteiger partial charge in [0.05, 0.1) is 14.2 Å². The number of halogens is 1. The van der Waals surface area contributed by atoms with Crippen molar-refractivity contribution in [1.29, 1.82) is 0 Å². The second kappa shape index (κ2) is 11.3. The number of benzene rings is 2. The Morgan fingerprint density at radius 1 is 1.00 bits per heavy atom. The Balaban J connectivity index is 0.00000341. The first-order valence-electron chi connectivity index (χ1n) is 10.0. The van der Waals surface area contributed by atoms with Gasteiger partial charge in [-0.05, 0) is 41.8 Å². The molecule has 31 heavy (non-hydrogen) atoms. The molecule has 0 atom stereocenters. The maximum atomic E-state index is 5.44. The average molecular weight is 541 g/mol. The second-order valence-corrected chi connectivity index (χ2v) is 7.74. The third kappa shape index (κ3) is 6.32. The van der Waals surface area contributed by atoms with Crippen molar-refractivity contribution in [2.45, 2.75) is 25.7 Å². The van der Waals surface area contributed by atoms with Gasteiger partial charge in [-0.15, -0.1) is 24.0 Å². The van der Waals surface area contributed by atoms with Gasteiger partial charge in [0.25, 0.3) is 0 Å². The van der Waals surface area contributed by atoms with E-state index in [0.717, 1.165) is 47.5 Å². The molecule has 0 fully saturated rings. The standard InChI is InChI=1S/C23H31N3O4.HI/c1-23(2,17-7-9-18(27-4)20(13-17)28-5)14-26-22(24-3)25-11-10-16-6-8-19-21(12-16)30-15-29-19;/h6-9,12-13H,10-11,14-15H2,1-5H3,(H2,24,25,26);1H. The van der Waals surface area contributed by atoms with Crippen molar-refractivity contribution in [3.63, 3.8) is 0 Å². The van der Waals surface area contributed by atoms with Crippen LogP contribution in [0.15, 0.2) is 41.4 Å². The van der Waals surface area contributed by atoms with Gasteiger partial charge in [0.2, 0.25) is 6.79 Å². The highest BCUT2D eigenvalue weighted by molar-refractivity contribution is 14.0. The van der Waals surface area contributed by atoms with Crippen LogP contribution >= 0.6 is 24.0 Å². The minimum Gasteiger partial charge on any atom is -0.493 e. The molecule has 0 saturated heterocycles. The van der Waals surface area contributed by atoms with Crippen LogP contribution in [-0.4, -0.2) is 47.1 Å². The van der Waals surface area contributed by atoms with E-state index in [0.29, 0.717) is 13.3 Å². The highest BCUT2D eigenvalue weighted by atomic mass is 127. The number of nitrogens with one attached hydrogen (secondary N) is 2. The SMILES string of the molecule is CN=C(NCCc1ccc2c(c1)OCO2)NCC(C)(C)c1ccc(OC)c(OC)c1.I. The number of guanidine groups is 1. The summed E-state index contributed by atoms with van der Waals surface area (Å²) in [6, 6.07) is 12.1. The van der Waals surface area contributed by atoms with Gasteiger partial charge in [-0.25, -0.2) is 0 Å². The van der Waals surface area contributed by atoms with Gasteiger partial charge < -0.3 is 29.6 Å². The first kappa shape index (κ1) is 24.9. The molecule has 2 aromatic carbocycles. The monoisotopic (exact) mass is 541 g/mol. The fourth-order valence-corrected chi connectivity index (χ4v) is 3.31. The predicted molar refractivity (Wildman–Crippen MR) is 134 cm³/mol. The molecule has 0 saturated carbocycles. The molecular formula is C23H32IN3O4. The summed E-state index contributed by atoms with van der Waals surface area (Å²) in [6.45, 7) is 6.13. The lowest BCUT2D eigenvalue weighted by atomic mass is 9.84. The van der Waals surface area contributed by atoms with E-state index in [9.17, 15) is 0 Å². The van der Waals surface area contributed by atoms with Gasteiger partial charge in [-0.2, -0.15) is 0 Å². The molecule has 7 nitrogen and oxygen atoms in total. The van der Waals surface area contributed by atoms with Gasteiger partial charge in [0, 0.05) is 25.6 Å². The van der Waals surface area contributed by atoms with Crippen LogP contribution in [0.1, 0.15) is 25.0 Å². The van der Waals surface area contributed by atoms with Crippen LogP contribution in [0.2, 0.25) is 0 Å². The lowest BCUT2D eigenvalue weighted by Gasteiger charge is -2.27. The zero-order valence-corrected chi connectivity index (χ0v) is 21.1. The number of rotatable bonds is 8. The number of hydrogen-bond donors (Lipinski definition) is 2. The molecule has 0 bridgehead atoms. The van der Waals surface area contributed by atoms with Crippen LogP contribution in [0.5, 0.6) is 23.0 Å². The number of ether oxygens (including phenoxy) is 4. The fourth-order valence-electron chi connectivity index (χ4n) is 3.31. The van der Waals surface area contributed by atoms with Crippen LogP contribution in [0.4, 0.5) is 0 Å². The molecule has 2 aromatic rings. The topological polar surface area (TPSA) is 73.3 Å². The summed E-state index contributed by atoms with van der Waals surface area (Å²) in [5.41, 5.74) is 2.21. The van der Waals surface area contributed by atoms with Crippen molar-refractivity contribution >= 4 is 29.9 Å². The van der Waals surface area contributed by atoms with E-state index in [2.05, 4.69) is 41.6 Å². The molecular weight excluding hydrogens is 509 g/mol. The van der Waals surface area contributed by atoms with Gasteiger partial charge in [-0.1, -0.05) is 26.0 Å². The molecule has 8 heteroatoms. The van der Waals surface area contributed by atoms with Crippen molar-refractivity contribution in [3.05, 3.63) is 47.5 Å². The van der Waals surface area contributed by atoms with E-state index < -0.39 is 0 Å². The zero-order valence-electron chi connectivity index (χ0n) is 18.8. The predicted octanol–water partition coefficient (Wildman–Crippen LogP) is 3.74. The van der Waals surface area contributed by atoms with Crippen LogP contribution in [0.25, 0.3) is 0 Å². The first-order valence-corrected chi connectivity index (χ1v) is 10.0. The van der Waals surface area contributed by atoms with E-state index >= 15 is 0 Å². The summed E-state index contributed by atoms with van der Waals surface area (Å²) < 4.78 is 21.6. The molecule has 1 heterocycles. The summed E-state index contributed by atoms with van der Waals surface area (Å²) in [4.78, 5) is 4.34. The number of methoxy groups -OCH3 is 2. The Bertz CT molecular complexity index is 902. The van der Waals surface area contributed by atoms with E-state index in [1.165, 1.54) is 5.56 Å². The molecule has 170 valence electrons. The lowest BCUT2D eigenvalue weighted by molar-refractivity contribution is 0.174. The Morgan fingerprint density at radius 2 is 1.74 bits per heavy atom. The van der Waals surface area contributed by atoms with Crippen LogP contribution in [0.3, 0.4) is 0 Å². The first-order chi connectivity index (χ1) is 14.5. The molecule has 0 spiro atoms. The normalized spacial score (nSPS) is 12.7. The molecule has 0 amide bonds. The van der Waals surface area contributed by atoms with Crippen molar-refractivity contribution < 1.29 is 18.9 Å². The molecule has 1 aliphatic heterocycles. The van der Waals surface area contributed by atoms with Crippen molar-refractivity contribution in [2.75, 3.05) is 41.1 Å². The van der Waals surface area contributed by atoms with Crippen LogP contribution in [0, 0.1) is 0 Å². The van der Waals surface area contributed by atoms with E-state index in [-0.39, 0.29) is 29.4 Å². The molecule has 2 N–H and O–H groups in total. The summed E-state index contributed by atoms with van der Waals surface area (Å²) >= 11 is 0. The van der Waals surface area contributed by atoms with Gasteiger partial charge in [0.15, 0.2) is 29.0 Å². The lowest BCUT2D eigenvalue weighted by Crippen LogP contribution is -2.44. The average Bonchev–Trinajstić information content (AvgIpc) is 3.23. The van der Waals surface area contributed by atoms with Crippen molar-refractivity contribution in [1.82, 2.24) is 10.6 Å². The molecule has 3 rings (SSSR count). The second-order valence-electron chi connectivity index (χ2n) is 7.74. The van der Waals surface area contributed by atoms with Gasteiger partial charge in [0.1, 0.15) is 0 Å². The van der Waals surface area contributed by atoms with Gasteiger partial charge >= 0.3 is 0 Å². The molecule has 0 aliphatic carbocycles.